The van der Waals surface area contributed by atoms with E-state index in [0.717, 1.165) is 38.6 Å². The van der Waals surface area contributed by atoms with E-state index in [1.54, 1.807) is 7.11 Å². The van der Waals surface area contributed by atoms with Crippen molar-refractivity contribution in [3.8, 4) is 0 Å². The van der Waals surface area contributed by atoms with Gasteiger partial charge in [0.2, 0.25) is 0 Å². The van der Waals surface area contributed by atoms with Crippen LogP contribution in [0.1, 0.15) is 64.2 Å². The Morgan fingerprint density at radius 1 is 1.09 bits per heavy atom. The Labute approximate surface area is 141 Å². The lowest BCUT2D eigenvalue weighted by atomic mass is 9.81. The smallest absolute Gasteiger partial charge is 0.133 e. The molecular formula is C17H31ClN2O2. The zero-order chi connectivity index (χ0) is 15.1. The Morgan fingerprint density at radius 2 is 1.86 bits per heavy atom. The second-order valence-corrected chi connectivity index (χ2v) is 6.65. The summed E-state index contributed by atoms with van der Waals surface area (Å²) in [6, 6.07) is 0.446. The monoisotopic (exact) mass is 330 g/mol. The lowest BCUT2D eigenvalue weighted by Crippen LogP contribution is -2.42. The van der Waals surface area contributed by atoms with Crippen molar-refractivity contribution in [2.75, 3.05) is 20.7 Å². The van der Waals surface area contributed by atoms with E-state index in [4.69, 9.17) is 4.84 Å². The maximum atomic E-state index is 12.1. The molecular weight excluding hydrogens is 300 g/mol. The van der Waals surface area contributed by atoms with Gasteiger partial charge in [-0.3, -0.25) is 4.79 Å². The summed E-state index contributed by atoms with van der Waals surface area (Å²) < 4.78 is 0. The number of hydrogen-bond donors (Lipinski definition) is 0. The fourth-order valence-corrected chi connectivity index (χ4v) is 3.82. The lowest BCUT2D eigenvalue weighted by molar-refractivity contribution is -0.121. The van der Waals surface area contributed by atoms with Crippen LogP contribution in [-0.4, -0.2) is 43.1 Å². The van der Waals surface area contributed by atoms with E-state index in [-0.39, 0.29) is 12.4 Å². The van der Waals surface area contributed by atoms with Crippen LogP contribution in [-0.2, 0) is 9.63 Å². The summed E-state index contributed by atoms with van der Waals surface area (Å²) in [5.74, 6) is 0.948. The van der Waals surface area contributed by atoms with Gasteiger partial charge in [-0.1, -0.05) is 18.0 Å². The number of carbonyl (C=O) groups excluding carboxylic acids is 1. The van der Waals surface area contributed by atoms with Crippen LogP contribution in [0.4, 0.5) is 0 Å². The Kier molecular flexibility index (Phi) is 9.03. The normalized spacial score (nSPS) is 30.6. The van der Waals surface area contributed by atoms with Crippen molar-refractivity contribution in [2.24, 2.45) is 11.1 Å². The number of rotatable bonds is 2. The zero-order valence-electron chi connectivity index (χ0n) is 14.1. The first-order valence-electron chi connectivity index (χ1n) is 8.51. The summed E-state index contributed by atoms with van der Waals surface area (Å²) in [6.45, 7) is 1.13. The molecule has 5 heteroatoms. The molecule has 2 aliphatic rings. The third kappa shape index (κ3) is 5.88. The van der Waals surface area contributed by atoms with Crippen molar-refractivity contribution in [3.05, 3.63) is 0 Å². The lowest BCUT2D eigenvalue weighted by Gasteiger charge is -2.37. The molecule has 1 heterocycles. The molecule has 1 aliphatic heterocycles. The van der Waals surface area contributed by atoms with E-state index in [1.165, 1.54) is 37.8 Å². The van der Waals surface area contributed by atoms with Crippen molar-refractivity contribution in [2.45, 2.75) is 70.3 Å². The van der Waals surface area contributed by atoms with Gasteiger partial charge >= 0.3 is 0 Å². The first kappa shape index (κ1) is 19.4. The van der Waals surface area contributed by atoms with Gasteiger partial charge in [-0.25, -0.2) is 0 Å². The van der Waals surface area contributed by atoms with Crippen LogP contribution >= 0.6 is 12.4 Å². The highest BCUT2D eigenvalue weighted by molar-refractivity contribution is 5.85. The molecule has 0 aromatic carbocycles. The number of carbonyl (C=O) groups is 1. The first-order chi connectivity index (χ1) is 10.2. The second-order valence-electron chi connectivity index (χ2n) is 6.65. The van der Waals surface area contributed by atoms with E-state index >= 15 is 0 Å². The molecule has 0 N–H and O–H groups in total. The van der Waals surface area contributed by atoms with Crippen molar-refractivity contribution < 1.29 is 9.63 Å². The van der Waals surface area contributed by atoms with Crippen LogP contribution in [0, 0.1) is 5.92 Å². The molecule has 2 atom stereocenters. The minimum Gasteiger partial charge on any atom is -0.399 e. The van der Waals surface area contributed by atoms with Crippen molar-refractivity contribution in [1.29, 1.82) is 0 Å². The van der Waals surface area contributed by atoms with Gasteiger partial charge in [-0.05, 0) is 51.6 Å². The summed E-state index contributed by atoms with van der Waals surface area (Å²) in [5.41, 5.74) is 1.17. The number of likely N-dealkylation sites (tertiary alicyclic amines) is 1. The highest BCUT2D eigenvalue weighted by atomic mass is 35.5. The number of oxime groups is 1. The molecule has 4 nitrogen and oxygen atoms in total. The van der Waals surface area contributed by atoms with Gasteiger partial charge < -0.3 is 9.74 Å². The summed E-state index contributed by atoms with van der Waals surface area (Å²) in [5, 5.41) is 4.23. The standard InChI is InChI=1S/C17H30N2O2.ClH/c1-19-11-7-6-9-15(18-21-2)13-17(19)14-8-4-3-5-10-16(20)12-14;/h14,17H,3-13H2,1-2H3;1H. The quantitative estimate of drug-likeness (QED) is 0.723. The summed E-state index contributed by atoms with van der Waals surface area (Å²) >= 11 is 0. The van der Waals surface area contributed by atoms with Crippen LogP contribution in [0.2, 0.25) is 0 Å². The maximum Gasteiger partial charge on any atom is 0.133 e. The van der Waals surface area contributed by atoms with E-state index in [2.05, 4.69) is 17.1 Å². The van der Waals surface area contributed by atoms with E-state index < -0.39 is 0 Å². The maximum absolute atomic E-state index is 12.1. The third-order valence-corrected chi connectivity index (χ3v) is 5.02. The highest BCUT2D eigenvalue weighted by Crippen LogP contribution is 2.29. The number of ketones is 1. The number of halogens is 1. The Bertz CT molecular complexity index is 374. The van der Waals surface area contributed by atoms with Crippen molar-refractivity contribution >= 4 is 23.9 Å². The predicted octanol–water partition coefficient (Wildman–Crippen LogP) is 3.82. The molecule has 0 radical (unpaired) electrons. The number of Topliss-reactive ketones (excluding diaryl/α,β-unsaturated/α-hetero) is 1. The van der Waals surface area contributed by atoms with Gasteiger partial charge in [-0.2, -0.15) is 0 Å². The molecule has 0 aromatic rings. The molecule has 2 fully saturated rings. The predicted molar refractivity (Wildman–Crippen MR) is 92.8 cm³/mol. The number of hydrogen-bond acceptors (Lipinski definition) is 4. The molecule has 2 rings (SSSR count). The largest absolute Gasteiger partial charge is 0.399 e. The van der Waals surface area contributed by atoms with Gasteiger partial charge in [0.25, 0.3) is 0 Å². The van der Waals surface area contributed by atoms with Crippen LogP contribution in [0.15, 0.2) is 5.16 Å². The topological polar surface area (TPSA) is 41.9 Å². The molecule has 0 bridgehead atoms. The molecule has 22 heavy (non-hydrogen) atoms. The van der Waals surface area contributed by atoms with E-state index in [9.17, 15) is 4.79 Å². The van der Waals surface area contributed by atoms with Gasteiger partial charge in [0.1, 0.15) is 12.9 Å². The Balaban J connectivity index is 0.00000242. The van der Waals surface area contributed by atoms with Crippen LogP contribution in [0.25, 0.3) is 0 Å². The molecule has 0 aromatic heterocycles. The minimum absolute atomic E-state index is 0. The van der Waals surface area contributed by atoms with E-state index in [1.807, 2.05) is 0 Å². The van der Waals surface area contributed by atoms with E-state index in [0.29, 0.717) is 17.7 Å². The molecule has 1 aliphatic carbocycles. The molecule has 128 valence electrons. The van der Waals surface area contributed by atoms with Crippen molar-refractivity contribution in [1.82, 2.24) is 4.90 Å². The fourth-order valence-electron chi connectivity index (χ4n) is 3.82. The van der Waals surface area contributed by atoms with Gasteiger partial charge in [0.05, 0.1) is 5.71 Å². The Morgan fingerprint density at radius 3 is 2.64 bits per heavy atom. The highest BCUT2D eigenvalue weighted by Gasteiger charge is 2.30. The Hall–Kier alpha value is -0.610. The summed E-state index contributed by atoms with van der Waals surface area (Å²) in [4.78, 5) is 19.6. The van der Waals surface area contributed by atoms with Crippen molar-refractivity contribution in [3.63, 3.8) is 0 Å². The fraction of sp³-hybridized carbons (Fsp3) is 0.882. The average Bonchev–Trinajstić information content (AvgIpc) is 2.42. The SMILES string of the molecule is CON=C1CCCCN(C)C(C2CCCCCC(=O)C2)C1.Cl. The molecule has 1 saturated carbocycles. The zero-order valence-corrected chi connectivity index (χ0v) is 14.9. The molecule has 0 amide bonds. The van der Waals surface area contributed by atoms with Gasteiger partial charge in [0.15, 0.2) is 0 Å². The molecule has 2 unspecified atom stereocenters. The summed E-state index contributed by atoms with van der Waals surface area (Å²) in [7, 11) is 3.84. The summed E-state index contributed by atoms with van der Waals surface area (Å²) in [6.07, 6.45) is 10.7. The molecule has 0 spiro atoms. The second kappa shape index (κ2) is 10.2. The minimum atomic E-state index is 0. The van der Waals surface area contributed by atoms with Gasteiger partial charge in [0, 0.05) is 25.3 Å². The van der Waals surface area contributed by atoms with Crippen LogP contribution < -0.4 is 0 Å². The number of nitrogens with zero attached hydrogens (tertiary/aromatic N) is 2. The van der Waals surface area contributed by atoms with Crippen LogP contribution in [0.3, 0.4) is 0 Å². The average molecular weight is 331 g/mol. The first-order valence-corrected chi connectivity index (χ1v) is 8.51. The van der Waals surface area contributed by atoms with Crippen LogP contribution in [0.5, 0.6) is 0 Å². The van der Waals surface area contributed by atoms with Gasteiger partial charge in [-0.15, -0.1) is 12.4 Å². The third-order valence-electron chi connectivity index (χ3n) is 5.02. The molecule has 1 saturated heterocycles.